The summed E-state index contributed by atoms with van der Waals surface area (Å²) in [6.45, 7) is 22.1. The van der Waals surface area contributed by atoms with Gasteiger partial charge in [0.25, 0.3) is 0 Å². The zero-order valence-corrected chi connectivity index (χ0v) is 27.7. The van der Waals surface area contributed by atoms with Crippen molar-refractivity contribution in [3.63, 3.8) is 0 Å². The van der Waals surface area contributed by atoms with Crippen molar-refractivity contribution in [3.8, 4) is 0 Å². The van der Waals surface area contributed by atoms with Crippen LogP contribution in [-0.2, 0) is 9.47 Å². The fourth-order valence-corrected chi connectivity index (χ4v) is 6.25. The Morgan fingerprint density at radius 1 is 0.537 bits per heavy atom. The lowest BCUT2D eigenvalue weighted by molar-refractivity contribution is -0.0920. The van der Waals surface area contributed by atoms with Crippen LogP contribution in [0.2, 0.25) is 0 Å². The van der Waals surface area contributed by atoms with E-state index in [1.54, 1.807) is 14.7 Å². The van der Waals surface area contributed by atoms with Crippen LogP contribution in [0.3, 0.4) is 0 Å². The lowest BCUT2D eigenvalue weighted by Gasteiger charge is -2.59. The summed E-state index contributed by atoms with van der Waals surface area (Å²) >= 11 is 0. The Balaban J connectivity index is 0.000000146. The molecule has 0 aliphatic carbocycles. The van der Waals surface area contributed by atoms with Crippen LogP contribution in [0.25, 0.3) is 0 Å². The molecule has 2 atom stereocenters. The SMILES string of the molecule is CC(C)(C)OC(=O)N1CC2(CN(C(=O)P)C2)C1.CC(C)(C)OC(=O)N1CC2(CNC2)C1.O=C(P)N1CC2(CNC2)C1. The maximum atomic E-state index is 11.7. The quantitative estimate of drug-likeness (QED) is 0.399. The minimum Gasteiger partial charge on any atom is -0.444 e. The van der Waals surface area contributed by atoms with Crippen LogP contribution in [0, 0.1) is 16.2 Å². The molecule has 232 valence electrons. The normalized spacial score (nSPS) is 24.0. The van der Waals surface area contributed by atoms with Gasteiger partial charge in [-0.25, -0.2) is 9.59 Å². The van der Waals surface area contributed by atoms with E-state index in [0.29, 0.717) is 23.9 Å². The predicted octanol–water partition coefficient (Wildman–Crippen LogP) is 2.25. The molecule has 12 nitrogen and oxygen atoms in total. The fourth-order valence-electron chi connectivity index (χ4n) is 5.88. The molecule has 6 heterocycles. The number of hydrogen-bond acceptors (Lipinski definition) is 8. The topological polar surface area (TPSA) is 124 Å². The van der Waals surface area contributed by atoms with Gasteiger partial charge >= 0.3 is 12.2 Å². The summed E-state index contributed by atoms with van der Waals surface area (Å²) in [6.07, 6.45) is -0.422. The number of likely N-dealkylation sites (tertiary alicyclic amines) is 4. The van der Waals surface area contributed by atoms with Crippen molar-refractivity contribution < 1.29 is 28.7 Å². The average molecular weight is 615 g/mol. The van der Waals surface area contributed by atoms with Gasteiger partial charge in [-0.1, -0.05) is 0 Å². The zero-order valence-electron chi connectivity index (χ0n) is 25.4. The summed E-state index contributed by atoms with van der Waals surface area (Å²) in [4.78, 5) is 52.1. The number of nitrogens with zero attached hydrogens (tertiary/aromatic N) is 4. The van der Waals surface area contributed by atoms with E-state index in [1.807, 2.05) is 46.4 Å². The van der Waals surface area contributed by atoms with E-state index in [0.717, 1.165) is 65.4 Å². The molecule has 41 heavy (non-hydrogen) atoms. The summed E-state index contributed by atoms with van der Waals surface area (Å²) in [5.41, 5.74) is 0.356. The third-order valence-electron chi connectivity index (χ3n) is 8.14. The van der Waals surface area contributed by atoms with Gasteiger partial charge < -0.3 is 39.7 Å². The van der Waals surface area contributed by atoms with E-state index in [-0.39, 0.29) is 34.5 Å². The minimum absolute atomic E-state index is 0.0337. The van der Waals surface area contributed by atoms with Crippen molar-refractivity contribution >= 4 is 42.0 Å². The molecule has 3 spiro atoms. The van der Waals surface area contributed by atoms with Crippen LogP contribution < -0.4 is 10.6 Å². The molecule has 6 saturated heterocycles. The van der Waals surface area contributed by atoms with Crippen LogP contribution >= 0.6 is 18.5 Å². The molecular formula is C27H48N6O6P2. The predicted molar refractivity (Wildman–Crippen MR) is 162 cm³/mol. The Kier molecular flexibility index (Phi) is 8.95. The first-order chi connectivity index (χ1) is 18.8. The molecule has 4 amide bonds. The molecule has 2 N–H and O–H groups in total. The van der Waals surface area contributed by atoms with Gasteiger partial charge in [0.1, 0.15) is 11.2 Å². The zero-order chi connectivity index (χ0) is 30.4. The molecule has 0 aromatic rings. The van der Waals surface area contributed by atoms with E-state index in [4.69, 9.17) is 9.47 Å². The lowest BCUT2D eigenvalue weighted by Crippen LogP contribution is -2.73. The molecule has 6 fully saturated rings. The Bertz CT molecular complexity index is 1020. The summed E-state index contributed by atoms with van der Waals surface area (Å²) in [5, 5.41) is 6.45. The van der Waals surface area contributed by atoms with E-state index in [2.05, 4.69) is 29.1 Å². The maximum Gasteiger partial charge on any atom is 0.410 e. The second-order valence-corrected chi connectivity index (χ2v) is 15.8. The number of hydrogen-bond donors (Lipinski definition) is 2. The first-order valence-electron chi connectivity index (χ1n) is 14.3. The molecule has 0 bridgehead atoms. The molecule has 6 aliphatic heterocycles. The van der Waals surface area contributed by atoms with E-state index in [9.17, 15) is 19.2 Å². The third-order valence-corrected chi connectivity index (χ3v) is 8.87. The molecule has 0 aromatic carbocycles. The van der Waals surface area contributed by atoms with Crippen LogP contribution in [0.1, 0.15) is 41.5 Å². The standard InChI is InChI=1S/C11H19N2O3P.C10H18N2O2.C6H11N2OP/c1-10(2,3)16-8(14)12-4-11(5-12)6-13(7-11)9(15)17;1-9(2,3)14-8(13)12-6-10(7-12)4-11-5-10;9-5(10)8-3-6(4-8)1-7-2-6/h4-7,17H2,1-3H3;11H,4-7H2,1-3H3;7H,1-4,10H2. The van der Waals surface area contributed by atoms with Crippen LogP contribution in [0.4, 0.5) is 19.2 Å². The van der Waals surface area contributed by atoms with E-state index >= 15 is 0 Å². The second-order valence-electron chi connectivity index (χ2n) is 14.8. The highest BCUT2D eigenvalue weighted by molar-refractivity contribution is 7.40. The molecule has 0 radical (unpaired) electrons. The first-order valence-corrected chi connectivity index (χ1v) is 15.4. The fraction of sp³-hybridized carbons (Fsp3) is 0.852. The van der Waals surface area contributed by atoms with Crippen LogP contribution in [-0.4, -0.2) is 133 Å². The Labute approximate surface area is 248 Å². The number of carbonyl (C=O) groups excluding carboxylic acids is 4. The van der Waals surface area contributed by atoms with Crippen molar-refractivity contribution in [1.82, 2.24) is 30.2 Å². The smallest absolute Gasteiger partial charge is 0.410 e. The molecule has 2 unspecified atom stereocenters. The van der Waals surface area contributed by atoms with Crippen molar-refractivity contribution in [2.24, 2.45) is 16.2 Å². The number of nitrogens with one attached hydrogen (secondary N) is 2. The second kappa shape index (κ2) is 11.4. The van der Waals surface area contributed by atoms with Gasteiger partial charge in [-0.05, 0) is 60.0 Å². The number of amides is 4. The summed E-state index contributed by atoms with van der Waals surface area (Å²) in [7, 11) is 4.39. The lowest BCUT2D eigenvalue weighted by atomic mass is 9.73. The van der Waals surface area contributed by atoms with Crippen molar-refractivity contribution in [2.75, 3.05) is 78.5 Å². The molecule has 6 aliphatic rings. The van der Waals surface area contributed by atoms with Gasteiger partial charge in [-0.15, -0.1) is 0 Å². The summed E-state index contributed by atoms with van der Waals surface area (Å²) in [5.74, 6) is 0. The van der Waals surface area contributed by atoms with Crippen molar-refractivity contribution in [1.29, 1.82) is 0 Å². The first kappa shape index (κ1) is 32.2. The molecule has 0 aromatic heterocycles. The van der Waals surface area contributed by atoms with Crippen molar-refractivity contribution in [3.05, 3.63) is 0 Å². The number of rotatable bonds is 0. The molecular weight excluding hydrogens is 566 g/mol. The van der Waals surface area contributed by atoms with Gasteiger partial charge in [0.05, 0.1) is 0 Å². The highest BCUT2D eigenvalue weighted by Gasteiger charge is 2.55. The maximum absolute atomic E-state index is 11.7. The third kappa shape index (κ3) is 7.81. The van der Waals surface area contributed by atoms with E-state index in [1.165, 1.54) is 0 Å². The molecule has 14 heteroatoms. The van der Waals surface area contributed by atoms with Gasteiger partial charge in [0.2, 0.25) is 11.3 Å². The van der Waals surface area contributed by atoms with Gasteiger partial charge in [-0.2, -0.15) is 0 Å². The van der Waals surface area contributed by atoms with Crippen LogP contribution in [0.15, 0.2) is 0 Å². The molecule has 0 saturated carbocycles. The van der Waals surface area contributed by atoms with Crippen LogP contribution in [0.5, 0.6) is 0 Å². The monoisotopic (exact) mass is 614 g/mol. The Hall–Kier alpha value is -1.74. The van der Waals surface area contributed by atoms with Gasteiger partial charge in [0.15, 0.2) is 0 Å². The number of ether oxygens (including phenoxy) is 2. The molecule has 6 rings (SSSR count). The minimum atomic E-state index is -0.443. The Morgan fingerprint density at radius 3 is 1.05 bits per heavy atom. The highest BCUT2D eigenvalue weighted by Crippen LogP contribution is 2.41. The van der Waals surface area contributed by atoms with E-state index < -0.39 is 5.60 Å². The van der Waals surface area contributed by atoms with Gasteiger partial charge in [-0.3, -0.25) is 9.59 Å². The largest absolute Gasteiger partial charge is 0.444 e. The summed E-state index contributed by atoms with van der Waals surface area (Å²) in [6, 6.07) is 0. The highest BCUT2D eigenvalue weighted by atomic mass is 31.0. The summed E-state index contributed by atoms with van der Waals surface area (Å²) < 4.78 is 10.6. The van der Waals surface area contributed by atoms with Gasteiger partial charge in [0, 0.05) is 94.8 Å². The van der Waals surface area contributed by atoms with Crippen molar-refractivity contribution in [2.45, 2.75) is 52.7 Å². The number of carbonyl (C=O) groups is 4. The average Bonchev–Trinajstić information content (AvgIpc) is 2.58. The Morgan fingerprint density at radius 2 is 0.805 bits per heavy atom.